The number of aryl methyl sites for hydroxylation is 1. The minimum absolute atomic E-state index is 0.0694. The minimum atomic E-state index is 0.0694. The molecule has 0 amide bonds. The third kappa shape index (κ3) is 5.47. The van der Waals surface area contributed by atoms with E-state index >= 15 is 0 Å². The third-order valence-electron chi connectivity index (χ3n) is 2.73. The monoisotopic (exact) mass is 252 g/mol. The Balaban J connectivity index is 2.17. The molecule has 0 spiro atoms. The van der Waals surface area contributed by atoms with Crippen LogP contribution in [0.3, 0.4) is 0 Å². The van der Waals surface area contributed by atoms with Crippen LogP contribution < -0.4 is 10.9 Å². The second-order valence-corrected chi connectivity index (χ2v) is 4.68. The fourth-order valence-corrected chi connectivity index (χ4v) is 1.74. The molecule has 1 aromatic rings. The van der Waals surface area contributed by atoms with Gasteiger partial charge in [0, 0.05) is 31.5 Å². The summed E-state index contributed by atoms with van der Waals surface area (Å²) >= 11 is 0. The summed E-state index contributed by atoms with van der Waals surface area (Å²) in [5.41, 5.74) is 1.08. The Morgan fingerprint density at radius 1 is 1.33 bits per heavy atom. The molecule has 18 heavy (non-hydrogen) atoms. The molecule has 0 saturated heterocycles. The van der Waals surface area contributed by atoms with Crippen LogP contribution in [-0.4, -0.2) is 30.4 Å². The van der Waals surface area contributed by atoms with Gasteiger partial charge in [-0.15, -0.1) is 0 Å². The summed E-state index contributed by atoms with van der Waals surface area (Å²) in [7, 11) is 0. The first kappa shape index (κ1) is 14.9. The smallest absolute Gasteiger partial charge is 0.250 e. The number of ether oxygens (including phenoxy) is 1. The number of rotatable bonds is 8. The van der Waals surface area contributed by atoms with E-state index in [1.165, 1.54) is 0 Å². The van der Waals surface area contributed by atoms with Crippen molar-refractivity contribution in [2.24, 2.45) is 0 Å². The molecule has 4 heteroatoms. The van der Waals surface area contributed by atoms with E-state index < -0.39 is 0 Å². The van der Waals surface area contributed by atoms with Gasteiger partial charge in [-0.3, -0.25) is 4.79 Å². The van der Waals surface area contributed by atoms with E-state index in [1.54, 1.807) is 16.7 Å². The van der Waals surface area contributed by atoms with Gasteiger partial charge >= 0.3 is 0 Å². The van der Waals surface area contributed by atoms with Crippen molar-refractivity contribution in [2.75, 3.05) is 19.7 Å². The Bertz CT molecular complexity index is 399. The van der Waals surface area contributed by atoms with Crippen molar-refractivity contribution >= 4 is 0 Å². The summed E-state index contributed by atoms with van der Waals surface area (Å²) in [6.07, 6.45) is 1.30. The highest BCUT2D eigenvalue weighted by Crippen LogP contribution is 1.92. The fourth-order valence-electron chi connectivity index (χ4n) is 1.74. The minimum Gasteiger partial charge on any atom is -0.379 e. The van der Waals surface area contributed by atoms with Crippen LogP contribution in [0.2, 0.25) is 0 Å². The van der Waals surface area contributed by atoms with Crippen molar-refractivity contribution in [1.29, 1.82) is 0 Å². The highest BCUT2D eigenvalue weighted by molar-refractivity contribution is 5.04. The lowest BCUT2D eigenvalue weighted by Gasteiger charge is -2.11. The molecule has 0 bridgehead atoms. The normalized spacial score (nSPS) is 11.1. The summed E-state index contributed by atoms with van der Waals surface area (Å²) < 4.78 is 7.24. The number of aromatic nitrogens is 1. The lowest BCUT2D eigenvalue weighted by atomic mass is 10.3. The Morgan fingerprint density at radius 2 is 2.11 bits per heavy atom. The first-order valence-corrected chi connectivity index (χ1v) is 6.60. The first-order chi connectivity index (χ1) is 8.61. The zero-order chi connectivity index (χ0) is 13.4. The van der Waals surface area contributed by atoms with Crippen LogP contribution in [0.5, 0.6) is 0 Å². The van der Waals surface area contributed by atoms with Crippen molar-refractivity contribution in [3.63, 3.8) is 0 Å². The molecule has 1 heterocycles. The largest absolute Gasteiger partial charge is 0.379 e. The van der Waals surface area contributed by atoms with Gasteiger partial charge in [0.15, 0.2) is 0 Å². The van der Waals surface area contributed by atoms with Gasteiger partial charge in [-0.1, -0.05) is 6.07 Å². The van der Waals surface area contributed by atoms with Gasteiger partial charge in [-0.25, -0.2) is 0 Å². The molecule has 1 aromatic heterocycles. The van der Waals surface area contributed by atoms with Crippen LogP contribution in [0.1, 0.15) is 26.0 Å². The molecule has 0 aliphatic heterocycles. The first-order valence-electron chi connectivity index (χ1n) is 6.60. The van der Waals surface area contributed by atoms with Gasteiger partial charge < -0.3 is 14.6 Å². The number of hydrogen-bond donors (Lipinski definition) is 1. The summed E-state index contributed by atoms with van der Waals surface area (Å²) in [4.78, 5) is 11.6. The maximum atomic E-state index is 11.6. The molecular formula is C14H24N2O2. The molecule has 0 aromatic carbocycles. The van der Waals surface area contributed by atoms with E-state index in [-0.39, 0.29) is 5.56 Å². The van der Waals surface area contributed by atoms with Crippen molar-refractivity contribution in [3.05, 3.63) is 34.2 Å². The van der Waals surface area contributed by atoms with Gasteiger partial charge in [-0.2, -0.15) is 0 Å². The van der Waals surface area contributed by atoms with Gasteiger partial charge in [0.25, 0.3) is 5.56 Å². The van der Waals surface area contributed by atoms with Gasteiger partial charge in [-0.05, 0) is 39.8 Å². The molecule has 4 nitrogen and oxygen atoms in total. The second kappa shape index (κ2) is 8.06. The fraction of sp³-hybridized carbons (Fsp3) is 0.643. The highest BCUT2D eigenvalue weighted by atomic mass is 16.5. The zero-order valence-corrected chi connectivity index (χ0v) is 11.6. The van der Waals surface area contributed by atoms with Gasteiger partial charge in [0.05, 0.1) is 6.10 Å². The molecule has 0 atom stereocenters. The Hall–Kier alpha value is -1.13. The molecule has 0 unspecified atom stereocenters. The Kier molecular flexibility index (Phi) is 6.68. The summed E-state index contributed by atoms with van der Waals surface area (Å²) in [5, 5.41) is 3.32. The molecule has 1 rings (SSSR count). The van der Waals surface area contributed by atoms with Crippen LogP contribution >= 0.6 is 0 Å². The number of hydrogen-bond acceptors (Lipinski definition) is 3. The van der Waals surface area contributed by atoms with E-state index in [0.717, 1.165) is 38.4 Å². The third-order valence-corrected chi connectivity index (χ3v) is 2.73. The highest BCUT2D eigenvalue weighted by Gasteiger charge is 1.98. The van der Waals surface area contributed by atoms with E-state index in [0.29, 0.717) is 6.10 Å². The quantitative estimate of drug-likeness (QED) is 0.714. The van der Waals surface area contributed by atoms with E-state index in [2.05, 4.69) is 5.32 Å². The van der Waals surface area contributed by atoms with Crippen LogP contribution in [-0.2, 0) is 11.3 Å². The van der Waals surface area contributed by atoms with Gasteiger partial charge in [0.1, 0.15) is 0 Å². The molecule has 0 aliphatic carbocycles. The standard InChI is InChI=1S/C14H24N2O2/c1-12(2)18-11-5-8-15-9-10-16-13(3)6-4-7-14(16)17/h4,6-7,12,15H,5,8-11H2,1-3H3. The van der Waals surface area contributed by atoms with Crippen LogP contribution in [0.25, 0.3) is 0 Å². The van der Waals surface area contributed by atoms with Crippen LogP contribution in [0.15, 0.2) is 23.0 Å². The molecule has 0 fully saturated rings. The molecule has 0 aliphatic rings. The summed E-state index contributed by atoms with van der Waals surface area (Å²) in [5.74, 6) is 0. The Labute approximate surface area is 109 Å². The summed E-state index contributed by atoms with van der Waals surface area (Å²) in [6.45, 7) is 9.28. The van der Waals surface area contributed by atoms with E-state index in [9.17, 15) is 4.79 Å². The average Bonchev–Trinajstić information content (AvgIpc) is 2.30. The Morgan fingerprint density at radius 3 is 2.78 bits per heavy atom. The molecule has 102 valence electrons. The molecule has 1 N–H and O–H groups in total. The van der Waals surface area contributed by atoms with Crippen molar-refractivity contribution < 1.29 is 4.74 Å². The predicted molar refractivity (Wildman–Crippen MR) is 74.0 cm³/mol. The maximum Gasteiger partial charge on any atom is 0.250 e. The molecule has 0 saturated carbocycles. The van der Waals surface area contributed by atoms with Crippen LogP contribution in [0.4, 0.5) is 0 Å². The second-order valence-electron chi connectivity index (χ2n) is 4.68. The van der Waals surface area contributed by atoms with Crippen LogP contribution in [0, 0.1) is 6.92 Å². The van der Waals surface area contributed by atoms with E-state index in [4.69, 9.17) is 4.74 Å². The number of nitrogens with one attached hydrogen (secondary N) is 1. The van der Waals surface area contributed by atoms with Crippen molar-refractivity contribution in [3.8, 4) is 0 Å². The maximum absolute atomic E-state index is 11.6. The van der Waals surface area contributed by atoms with Gasteiger partial charge in [0.2, 0.25) is 0 Å². The SMILES string of the molecule is Cc1cccc(=O)n1CCNCCCOC(C)C. The van der Waals surface area contributed by atoms with Crippen molar-refractivity contribution in [1.82, 2.24) is 9.88 Å². The summed E-state index contributed by atoms with van der Waals surface area (Å²) in [6, 6.07) is 5.35. The number of pyridine rings is 1. The average molecular weight is 252 g/mol. The van der Waals surface area contributed by atoms with E-state index in [1.807, 2.05) is 26.8 Å². The molecular weight excluding hydrogens is 228 g/mol. The number of nitrogens with zero attached hydrogens (tertiary/aromatic N) is 1. The lowest BCUT2D eigenvalue weighted by molar-refractivity contribution is 0.0771. The predicted octanol–water partition coefficient (Wildman–Crippen LogP) is 1.56. The molecule has 0 radical (unpaired) electrons. The lowest BCUT2D eigenvalue weighted by Crippen LogP contribution is -2.28. The topological polar surface area (TPSA) is 43.3 Å². The zero-order valence-electron chi connectivity index (χ0n) is 11.6. The van der Waals surface area contributed by atoms with Crippen molar-refractivity contribution in [2.45, 2.75) is 39.8 Å².